The summed E-state index contributed by atoms with van der Waals surface area (Å²) in [6.07, 6.45) is 3.67. The van der Waals surface area contributed by atoms with Crippen molar-refractivity contribution in [2.75, 3.05) is 13.1 Å². The number of carbonyl (C=O) groups excluding carboxylic acids is 1. The molecule has 0 saturated carbocycles. The second-order valence-corrected chi connectivity index (χ2v) is 8.20. The number of imidazole rings is 1. The highest BCUT2D eigenvalue weighted by molar-refractivity contribution is 5.94. The Balaban J connectivity index is 1.21. The summed E-state index contributed by atoms with van der Waals surface area (Å²) >= 11 is 0. The molecule has 0 unspecified atom stereocenters. The second kappa shape index (κ2) is 8.79. The van der Waals surface area contributed by atoms with Crippen LogP contribution in [0.2, 0.25) is 0 Å². The molecule has 0 bridgehead atoms. The summed E-state index contributed by atoms with van der Waals surface area (Å²) in [5, 5.41) is 0. The Morgan fingerprint density at radius 1 is 0.844 bits per heavy atom. The van der Waals surface area contributed by atoms with E-state index >= 15 is 0 Å². The molecule has 0 spiro atoms. The Morgan fingerprint density at radius 2 is 1.47 bits per heavy atom. The molecule has 3 aromatic carbocycles. The van der Waals surface area contributed by atoms with Crippen LogP contribution in [0.4, 0.5) is 4.39 Å². The number of amides is 1. The van der Waals surface area contributed by atoms with Gasteiger partial charge in [-0.2, -0.15) is 0 Å². The number of likely N-dealkylation sites (tertiary alicyclic amines) is 1. The molecule has 1 aromatic heterocycles. The molecular weight excluding hydrogens is 401 g/mol. The zero-order chi connectivity index (χ0) is 21.9. The normalized spacial score (nSPS) is 14.5. The molecule has 5 rings (SSSR count). The third-order valence-corrected chi connectivity index (χ3v) is 6.16. The summed E-state index contributed by atoms with van der Waals surface area (Å²) in [6, 6.07) is 24.1. The van der Waals surface area contributed by atoms with Gasteiger partial charge in [-0.3, -0.25) is 4.79 Å². The minimum absolute atomic E-state index is 0.0542. The molecule has 32 heavy (non-hydrogen) atoms. The third-order valence-electron chi connectivity index (χ3n) is 6.16. The zero-order valence-corrected chi connectivity index (χ0v) is 17.7. The number of H-pyrrole nitrogens is 1. The van der Waals surface area contributed by atoms with Crippen LogP contribution in [0.25, 0.3) is 22.4 Å². The van der Waals surface area contributed by atoms with E-state index in [1.54, 1.807) is 12.1 Å². The number of rotatable bonds is 4. The first-order valence-corrected chi connectivity index (χ1v) is 10.9. The first kappa shape index (κ1) is 20.2. The van der Waals surface area contributed by atoms with Crippen LogP contribution in [-0.2, 0) is 0 Å². The van der Waals surface area contributed by atoms with E-state index in [9.17, 15) is 9.18 Å². The van der Waals surface area contributed by atoms with Crippen molar-refractivity contribution in [2.24, 2.45) is 0 Å². The van der Waals surface area contributed by atoms with Gasteiger partial charge in [-0.15, -0.1) is 0 Å². The largest absolute Gasteiger partial charge is 0.342 e. The molecule has 1 N–H and O–H groups in total. The van der Waals surface area contributed by atoms with E-state index in [1.807, 2.05) is 53.6 Å². The molecule has 0 aliphatic carbocycles. The smallest absolute Gasteiger partial charge is 0.253 e. The van der Waals surface area contributed by atoms with Crippen LogP contribution in [0.3, 0.4) is 0 Å². The van der Waals surface area contributed by atoms with Crippen molar-refractivity contribution >= 4 is 5.91 Å². The maximum atomic E-state index is 13.1. The number of benzene rings is 3. The molecule has 0 atom stereocenters. The van der Waals surface area contributed by atoms with Crippen molar-refractivity contribution in [3.8, 4) is 22.4 Å². The summed E-state index contributed by atoms with van der Waals surface area (Å²) in [7, 11) is 0. The van der Waals surface area contributed by atoms with Crippen LogP contribution < -0.4 is 0 Å². The lowest BCUT2D eigenvalue weighted by Crippen LogP contribution is -2.38. The average Bonchev–Trinajstić information content (AvgIpc) is 3.35. The lowest BCUT2D eigenvalue weighted by Gasteiger charge is -2.31. The van der Waals surface area contributed by atoms with Crippen molar-refractivity contribution in [3.05, 3.63) is 102 Å². The van der Waals surface area contributed by atoms with Gasteiger partial charge >= 0.3 is 0 Å². The number of aromatic amines is 1. The third kappa shape index (κ3) is 4.19. The van der Waals surface area contributed by atoms with Gasteiger partial charge in [0.25, 0.3) is 5.91 Å². The Kier molecular flexibility index (Phi) is 5.55. The van der Waals surface area contributed by atoms with Gasteiger partial charge in [0.2, 0.25) is 0 Å². The lowest BCUT2D eigenvalue weighted by atomic mass is 9.95. The van der Waals surface area contributed by atoms with Gasteiger partial charge in [0.15, 0.2) is 0 Å². The van der Waals surface area contributed by atoms with Gasteiger partial charge in [-0.25, -0.2) is 9.37 Å². The summed E-state index contributed by atoms with van der Waals surface area (Å²) in [4.78, 5) is 23.0. The molecule has 1 fully saturated rings. The first-order valence-electron chi connectivity index (χ1n) is 10.9. The molecule has 1 aliphatic heterocycles. The second-order valence-electron chi connectivity index (χ2n) is 8.20. The van der Waals surface area contributed by atoms with Crippen LogP contribution in [0.5, 0.6) is 0 Å². The van der Waals surface area contributed by atoms with E-state index in [1.165, 1.54) is 12.1 Å². The van der Waals surface area contributed by atoms with Gasteiger partial charge < -0.3 is 9.88 Å². The van der Waals surface area contributed by atoms with Crippen LogP contribution in [-0.4, -0.2) is 33.9 Å². The summed E-state index contributed by atoms with van der Waals surface area (Å²) < 4.78 is 13.1. The summed E-state index contributed by atoms with van der Waals surface area (Å²) in [5.74, 6) is 1.13. The van der Waals surface area contributed by atoms with Crippen molar-refractivity contribution in [1.29, 1.82) is 0 Å². The standard InChI is InChI=1S/C27H24FN3O/c28-24-12-10-20(11-13-24)19-6-8-23(9-7-19)27(32)31-16-14-22(15-17-31)26-29-18-25(30-26)21-4-2-1-3-5-21/h1-13,18,22H,14-17H2,(H,29,30). The molecule has 0 radical (unpaired) electrons. The highest BCUT2D eigenvalue weighted by Crippen LogP contribution is 2.29. The van der Waals surface area contributed by atoms with E-state index in [4.69, 9.17) is 0 Å². The number of hydrogen-bond acceptors (Lipinski definition) is 2. The SMILES string of the molecule is O=C(c1ccc(-c2ccc(F)cc2)cc1)N1CCC(c2ncc(-c3ccccc3)[nH]2)CC1. The van der Waals surface area contributed by atoms with E-state index in [0.29, 0.717) is 24.6 Å². The number of aromatic nitrogens is 2. The Labute approximate surface area is 186 Å². The monoisotopic (exact) mass is 425 g/mol. The summed E-state index contributed by atoms with van der Waals surface area (Å²) in [5.41, 5.74) is 4.73. The fourth-order valence-corrected chi connectivity index (χ4v) is 4.29. The maximum Gasteiger partial charge on any atom is 0.253 e. The molecule has 4 aromatic rings. The number of piperidine rings is 1. The topological polar surface area (TPSA) is 49.0 Å². The highest BCUT2D eigenvalue weighted by Gasteiger charge is 2.26. The molecule has 2 heterocycles. The van der Waals surface area contributed by atoms with Gasteiger partial charge in [-0.05, 0) is 53.8 Å². The molecule has 160 valence electrons. The van der Waals surface area contributed by atoms with Gasteiger partial charge in [0.05, 0.1) is 11.9 Å². The lowest BCUT2D eigenvalue weighted by molar-refractivity contribution is 0.0711. The predicted octanol–water partition coefficient (Wildman–Crippen LogP) is 5.90. The minimum atomic E-state index is -0.255. The van der Waals surface area contributed by atoms with Crippen molar-refractivity contribution < 1.29 is 9.18 Å². The molecule has 5 heteroatoms. The molecule has 4 nitrogen and oxygen atoms in total. The number of nitrogens with one attached hydrogen (secondary N) is 1. The van der Waals surface area contributed by atoms with Crippen molar-refractivity contribution in [3.63, 3.8) is 0 Å². The van der Waals surface area contributed by atoms with Gasteiger partial charge in [0, 0.05) is 24.6 Å². The fourth-order valence-electron chi connectivity index (χ4n) is 4.29. The van der Waals surface area contributed by atoms with E-state index in [-0.39, 0.29) is 11.7 Å². The highest BCUT2D eigenvalue weighted by atomic mass is 19.1. The predicted molar refractivity (Wildman–Crippen MR) is 124 cm³/mol. The summed E-state index contributed by atoms with van der Waals surface area (Å²) in [6.45, 7) is 1.43. The molecule has 1 saturated heterocycles. The van der Waals surface area contributed by atoms with Crippen LogP contribution in [0.1, 0.15) is 34.9 Å². The van der Waals surface area contributed by atoms with Crippen LogP contribution >= 0.6 is 0 Å². The van der Waals surface area contributed by atoms with E-state index < -0.39 is 0 Å². The fraction of sp³-hybridized carbons (Fsp3) is 0.185. The Bertz CT molecular complexity index is 1190. The molecule has 1 aliphatic rings. The molecular formula is C27H24FN3O. The van der Waals surface area contributed by atoms with Crippen LogP contribution in [0, 0.1) is 5.82 Å². The Morgan fingerprint density at radius 3 is 2.12 bits per heavy atom. The number of hydrogen-bond donors (Lipinski definition) is 1. The van der Waals surface area contributed by atoms with E-state index in [0.717, 1.165) is 41.1 Å². The van der Waals surface area contributed by atoms with Crippen molar-refractivity contribution in [2.45, 2.75) is 18.8 Å². The van der Waals surface area contributed by atoms with Gasteiger partial charge in [0.1, 0.15) is 11.6 Å². The Hall–Kier alpha value is -3.73. The first-order chi connectivity index (χ1) is 15.7. The minimum Gasteiger partial charge on any atom is -0.342 e. The average molecular weight is 426 g/mol. The number of carbonyl (C=O) groups is 1. The maximum absolute atomic E-state index is 13.1. The quantitative estimate of drug-likeness (QED) is 0.442. The van der Waals surface area contributed by atoms with Crippen molar-refractivity contribution in [1.82, 2.24) is 14.9 Å². The number of halogens is 1. The molecule has 1 amide bonds. The zero-order valence-electron chi connectivity index (χ0n) is 17.7. The van der Waals surface area contributed by atoms with Crippen LogP contribution in [0.15, 0.2) is 85.1 Å². The van der Waals surface area contributed by atoms with Gasteiger partial charge in [-0.1, -0.05) is 54.6 Å². The van der Waals surface area contributed by atoms with E-state index in [2.05, 4.69) is 22.1 Å². The number of nitrogens with zero attached hydrogens (tertiary/aromatic N) is 2.